The number of ether oxygens (including phenoxy) is 1. The summed E-state index contributed by atoms with van der Waals surface area (Å²) in [5, 5.41) is 23.0. The van der Waals surface area contributed by atoms with Crippen LogP contribution in [0.4, 0.5) is 10.7 Å². The number of benzene rings is 1. The average Bonchev–Trinajstić information content (AvgIpc) is 3.02. The molecular weight excluding hydrogens is 406 g/mol. The molecule has 0 fully saturated rings. The number of nitro groups is 1. The van der Waals surface area contributed by atoms with Gasteiger partial charge in [0.1, 0.15) is 11.1 Å². The fourth-order valence-corrected chi connectivity index (χ4v) is 4.43. The van der Waals surface area contributed by atoms with Crippen molar-refractivity contribution in [1.82, 2.24) is 0 Å². The van der Waals surface area contributed by atoms with Crippen LogP contribution in [0.15, 0.2) is 18.2 Å². The molecule has 0 aliphatic heterocycles. The summed E-state index contributed by atoms with van der Waals surface area (Å²) in [5.74, 6) is -1.46. The number of carbonyl (C=O) groups is 2. The summed E-state index contributed by atoms with van der Waals surface area (Å²) in [6.45, 7) is -0.570. The Labute approximate surface area is 168 Å². The lowest BCUT2D eigenvalue weighted by molar-refractivity contribution is -0.384. The molecule has 28 heavy (non-hydrogen) atoms. The topological polar surface area (TPSA) is 122 Å². The standard InChI is InChI=1S/C18H14ClN3O5S/c19-14-7-10(22(25)26)5-6-12(14)18(24)27-9-16(23)21-17-13(8-20)11-3-1-2-4-15(11)28-17/h5-7H,1-4,9H2,(H,21,23). The summed E-state index contributed by atoms with van der Waals surface area (Å²) in [4.78, 5) is 35.4. The van der Waals surface area contributed by atoms with Gasteiger partial charge in [-0.1, -0.05) is 11.6 Å². The number of nitrogens with zero attached hydrogens (tertiary/aromatic N) is 2. The molecule has 0 radical (unpaired) electrons. The number of halogens is 1. The Kier molecular flexibility index (Phi) is 5.92. The Bertz CT molecular complexity index is 1010. The van der Waals surface area contributed by atoms with E-state index in [1.54, 1.807) is 0 Å². The van der Waals surface area contributed by atoms with Crippen LogP contribution in [-0.4, -0.2) is 23.4 Å². The zero-order valence-electron chi connectivity index (χ0n) is 14.5. The highest BCUT2D eigenvalue weighted by Gasteiger charge is 2.22. The quantitative estimate of drug-likeness (QED) is 0.446. The van der Waals surface area contributed by atoms with E-state index >= 15 is 0 Å². The first-order chi connectivity index (χ1) is 13.4. The molecule has 1 N–H and O–H groups in total. The molecule has 0 saturated carbocycles. The van der Waals surface area contributed by atoms with E-state index in [-0.39, 0.29) is 16.3 Å². The number of nitro benzene ring substituents is 1. The lowest BCUT2D eigenvalue weighted by atomic mass is 9.96. The first kappa shape index (κ1) is 19.8. The third kappa shape index (κ3) is 4.13. The molecule has 1 aliphatic rings. The Morgan fingerprint density at radius 3 is 2.79 bits per heavy atom. The summed E-state index contributed by atoms with van der Waals surface area (Å²) >= 11 is 7.24. The predicted octanol–water partition coefficient (Wildman–Crippen LogP) is 3.86. The zero-order valence-corrected chi connectivity index (χ0v) is 16.1. The largest absolute Gasteiger partial charge is 0.452 e. The second-order valence-electron chi connectivity index (χ2n) is 6.07. The number of nitrogens with one attached hydrogen (secondary N) is 1. The van der Waals surface area contributed by atoms with Crippen LogP contribution in [0.25, 0.3) is 0 Å². The second kappa shape index (κ2) is 8.37. The summed E-state index contributed by atoms with van der Waals surface area (Å²) in [5.41, 5.74) is 1.12. The molecule has 144 valence electrons. The fraction of sp³-hybridized carbons (Fsp3) is 0.278. The van der Waals surface area contributed by atoms with Gasteiger partial charge in [-0.2, -0.15) is 5.26 Å². The maximum Gasteiger partial charge on any atom is 0.340 e. The van der Waals surface area contributed by atoms with Crippen molar-refractivity contribution in [3.05, 3.63) is 54.9 Å². The van der Waals surface area contributed by atoms with E-state index in [9.17, 15) is 25.0 Å². The summed E-state index contributed by atoms with van der Waals surface area (Å²) < 4.78 is 4.94. The number of aryl methyl sites for hydroxylation is 1. The molecular formula is C18H14ClN3O5S. The molecule has 8 nitrogen and oxygen atoms in total. The number of esters is 1. The lowest BCUT2D eigenvalue weighted by Gasteiger charge is -2.09. The van der Waals surface area contributed by atoms with E-state index in [1.807, 2.05) is 0 Å². The maximum atomic E-state index is 12.1. The van der Waals surface area contributed by atoms with E-state index in [4.69, 9.17) is 16.3 Å². The Balaban J connectivity index is 1.64. The van der Waals surface area contributed by atoms with Gasteiger partial charge < -0.3 is 10.1 Å². The minimum absolute atomic E-state index is 0.0793. The number of anilines is 1. The minimum atomic E-state index is -0.874. The van der Waals surface area contributed by atoms with Gasteiger partial charge in [-0.25, -0.2) is 4.79 Å². The van der Waals surface area contributed by atoms with Crippen LogP contribution in [0.1, 0.15) is 39.2 Å². The third-order valence-corrected chi connectivity index (χ3v) is 5.77. The first-order valence-electron chi connectivity index (χ1n) is 8.36. The van der Waals surface area contributed by atoms with Crippen molar-refractivity contribution < 1.29 is 19.2 Å². The number of nitriles is 1. The summed E-state index contributed by atoms with van der Waals surface area (Å²) in [6.07, 6.45) is 3.77. The van der Waals surface area contributed by atoms with Crippen LogP contribution in [0, 0.1) is 21.4 Å². The second-order valence-corrected chi connectivity index (χ2v) is 7.58. The lowest BCUT2D eigenvalue weighted by Crippen LogP contribution is -2.21. The van der Waals surface area contributed by atoms with Crippen molar-refractivity contribution in [3.63, 3.8) is 0 Å². The summed E-state index contributed by atoms with van der Waals surface area (Å²) in [6, 6.07) is 5.46. The van der Waals surface area contributed by atoms with Crippen LogP contribution in [0.3, 0.4) is 0 Å². The van der Waals surface area contributed by atoms with Crippen molar-refractivity contribution in [1.29, 1.82) is 5.26 Å². The van der Waals surface area contributed by atoms with Gasteiger partial charge in [0.15, 0.2) is 6.61 Å². The molecule has 0 saturated heterocycles. The van der Waals surface area contributed by atoms with Crippen LogP contribution in [0.2, 0.25) is 5.02 Å². The van der Waals surface area contributed by atoms with Gasteiger partial charge >= 0.3 is 5.97 Å². The van der Waals surface area contributed by atoms with Crippen molar-refractivity contribution in [3.8, 4) is 6.07 Å². The number of non-ortho nitro benzene ring substituents is 1. The molecule has 1 aromatic carbocycles. The van der Waals surface area contributed by atoms with E-state index in [0.717, 1.165) is 48.3 Å². The molecule has 10 heteroatoms. The SMILES string of the molecule is N#Cc1c(NC(=O)COC(=O)c2ccc([N+](=O)[O-])cc2Cl)sc2c1CCCC2. The predicted molar refractivity (Wildman–Crippen MR) is 103 cm³/mol. The van der Waals surface area contributed by atoms with Gasteiger partial charge in [0.05, 0.1) is 21.1 Å². The van der Waals surface area contributed by atoms with Crippen LogP contribution < -0.4 is 5.32 Å². The molecule has 1 aliphatic carbocycles. The molecule has 2 aromatic rings. The van der Waals surface area contributed by atoms with Gasteiger partial charge in [-0.15, -0.1) is 11.3 Å². The number of rotatable bonds is 5. The molecule has 0 spiro atoms. The molecule has 0 atom stereocenters. The Hall–Kier alpha value is -2.96. The normalized spacial score (nSPS) is 12.6. The van der Waals surface area contributed by atoms with Crippen molar-refractivity contribution in [2.24, 2.45) is 0 Å². The van der Waals surface area contributed by atoms with Gasteiger partial charge in [-0.3, -0.25) is 14.9 Å². The summed E-state index contributed by atoms with van der Waals surface area (Å²) in [7, 11) is 0. The number of fused-ring (bicyclic) bond motifs is 1. The number of amides is 1. The Morgan fingerprint density at radius 2 is 2.11 bits per heavy atom. The van der Waals surface area contributed by atoms with Crippen LogP contribution in [-0.2, 0) is 22.4 Å². The maximum absolute atomic E-state index is 12.1. The number of hydrogen-bond acceptors (Lipinski definition) is 7. The van der Waals surface area contributed by atoms with Gasteiger partial charge in [0.25, 0.3) is 11.6 Å². The molecule has 1 heterocycles. The fourth-order valence-electron chi connectivity index (χ4n) is 2.93. The van der Waals surface area contributed by atoms with Gasteiger partial charge in [-0.05, 0) is 37.3 Å². The Morgan fingerprint density at radius 1 is 1.36 bits per heavy atom. The molecule has 1 amide bonds. The van der Waals surface area contributed by atoms with E-state index < -0.39 is 23.4 Å². The molecule has 0 bridgehead atoms. The van der Waals surface area contributed by atoms with E-state index in [0.29, 0.717) is 10.6 Å². The molecule has 0 unspecified atom stereocenters. The highest BCUT2D eigenvalue weighted by molar-refractivity contribution is 7.16. The molecule has 1 aromatic heterocycles. The van der Waals surface area contributed by atoms with Gasteiger partial charge in [0.2, 0.25) is 0 Å². The zero-order chi connectivity index (χ0) is 20.3. The third-order valence-electron chi connectivity index (χ3n) is 4.25. The highest BCUT2D eigenvalue weighted by atomic mass is 35.5. The first-order valence-corrected chi connectivity index (χ1v) is 9.55. The van der Waals surface area contributed by atoms with Crippen molar-refractivity contribution >= 4 is 45.5 Å². The van der Waals surface area contributed by atoms with Crippen LogP contribution in [0.5, 0.6) is 0 Å². The smallest absolute Gasteiger partial charge is 0.340 e. The van der Waals surface area contributed by atoms with Crippen LogP contribution >= 0.6 is 22.9 Å². The minimum Gasteiger partial charge on any atom is -0.452 e. The van der Waals surface area contributed by atoms with Crippen molar-refractivity contribution in [2.45, 2.75) is 25.7 Å². The number of carbonyl (C=O) groups excluding carboxylic acids is 2. The van der Waals surface area contributed by atoms with Gasteiger partial charge in [0, 0.05) is 17.0 Å². The van der Waals surface area contributed by atoms with E-state index in [2.05, 4.69) is 11.4 Å². The monoisotopic (exact) mass is 419 g/mol. The number of hydrogen-bond donors (Lipinski definition) is 1. The van der Waals surface area contributed by atoms with E-state index in [1.165, 1.54) is 17.4 Å². The average molecular weight is 420 g/mol. The molecule has 3 rings (SSSR count). The van der Waals surface area contributed by atoms with Crippen molar-refractivity contribution in [2.75, 3.05) is 11.9 Å². The highest BCUT2D eigenvalue weighted by Crippen LogP contribution is 2.37. The number of thiophene rings is 1.